The van der Waals surface area contributed by atoms with Crippen LogP contribution >= 0.6 is 0 Å². The Morgan fingerprint density at radius 3 is 2.76 bits per heavy atom. The summed E-state index contributed by atoms with van der Waals surface area (Å²) in [4.78, 5) is 12.6. The summed E-state index contributed by atoms with van der Waals surface area (Å²) in [6, 6.07) is 10.1. The molecule has 2 aliphatic rings. The summed E-state index contributed by atoms with van der Waals surface area (Å²) in [6.07, 6.45) is 4.35. The second-order valence-corrected chi connectivity index (χ2v) is 5.77. The molecule has 1 aliphatic heterocycles. The van der Waals surface area contributed by atoms with Crippen molar-refractivity contribution in [1.29, 1.82) is 0 Å². The molecule has 4 heteroatoms. The topological polar surface area (TPSA) is 51.5 Å². The van der Waals surface area contributed by atoms with Crippen LogP contribution in [-0.2, 0) is 23.3 Å². The molecule has 21 heavy (non-hydrogen) atoms. The van der Waals surface area contributed by atoms with E-state index in [4.69, 9.17) is 9.15 Å². The molecule has 1 aromatic carbocycles. The zero-order chi connectivity index (χ0) is 14.3. The van der Waals surface area contributed by atoms with Crippen molar-refractivity contribution in [2.75, 3.05) is 6.61 Å². The van der Waals surface area contributed by atoms with E-state index < -0.39 is 0 Å². The van der Waals surface area contributed by atoms with Gasteiger partial charge in [0.15, 0.2) is 5.76 Å². The van der Waals surface area contributed by atoms with Crippen LogP contribution in [0.25, 0.3) is 0 Å². The highest BCUT2D eigenvalue weighted by molar-refractivity contribution is 5.94. The van der Waals surface area contributed by atoms with Crippen LogP contribution in [0.3, 0.4) is 0 Å². The highest BCUT2D eigenvalue weighted by Crippen LogP contribution is 2.45. The third kappa shape index (κ3) is 2.16. The van der Waals surface area contributed by atoms with Crippen LogP contribution in [0, 0.1) is 0 Å². The maximum atomic E-state index is 12.6. The first-order valence-corrected chi connectivity index (χ1v) is 7.33. The van der Waals surface area contributed by atoms with Gasteiger partial charge in [-0.25, -0.2) is 0 Å². The molecule has 1 saturated carbocycles. The largest absolute Gasteiger partial charge is 0.459 e. The predicted octanol–water partition coefficient (Wildman–Crippen LogP) is 2.77. The number of ether oxygens (including phenoxy) is 1. The number of carbonyl (C=O) groups is 1. The number of fused-ring (bicyclic) bond motifs is 1. The molecule has 0 spiro atoms. The number of nitrogens with one attached hydrogen (secondary N) is 1. The first-order valence-electron chi connectivity index (χ1n) is 7.33. The molecule has 2 heterocycles. The van der Waals surface area contributed by atoms with Crippen molar-refractivity contribution in [2.45, 2.75) is 31.4 Å². The van der Waals surface area contributed by atoms with Crippen molar-refractivity contribution in [1.82, 2.24) is 5.32 Å². The second kappa shape index (κ2) is 4.74. The normalized spacial score (nSPS) is 18.9. The Balaban J connectivity index is 1.58. The van der Waals surface area contributed by atoms with Crippen LogP contribution in [0.5, 0.6) is 0 Å². The number of hydrogen-bond donors (Lipinski definition) is 1. The third-order valence-electron chi connectivity index (χ3n) is 4.37. The maximum Gasteiger partial charge on any atom is 0.287 e. The van der Waals surface area contributed by atoms with Gasteiger partial charge in [0.25, 0.3) is 5.91 Å². The first-order chi connectivity index (χ1) is 10.3. The van der Waals surface area contributed by atoms with Crippen LogP contribution in [-0.4, -0.2) is 12.5 Å². The van der Waals surface area contributed by atoms with Gasteiger partial charge >= 0.3 is 0 Å². The van der Waals surface area contributed by atoms with E-state index in [0.717, 1.165) is 30.4 Å². The number of rotatable bonds is 3. The number of carbonyl (C=O) groups excluding carboxylic acids is 1. The summed E-state index contributed by atoms with van der Waals surface area (Å²) >= 11 is 0. The lowest BCUT2D eigenvalue weighted by Gasteiger charge is -2.18. The number of hydrogen-bond acceptors (Lipinski definition) is 3. The van der Waals surface area contributed by atoms with Gasteiger partial charge < -0.3 is 14.5 Å². The van der Waals surface area contributed by atoms with Crippen LogP contribution in [0.1, 0.15) is 40.1 Å². The minimum Gasteiger partial charge on any atom is -0.459 e. The predicted molar refractivity (Wildman–Crippen MR) is 76.9 cm³/mol. The monoisotopic (exact) mass is 283 g/mol. The van der Waals surface area contributed by atoms with Crippen molar-refractivity contribution in [3.63, 3.8) is 0 Å². The van der Waals surface area contributed by atoms with Gasteiger partial charge in [-0.3, -0.25) is 4.79 Å². The molecule has 108 valence electrons. The molecular weight excluding hydrogens is 266 g/mol. The second-order valence-electron chi connectivity index (χ2n) is 5.77. The zero-order valence-corrected chi connectivity index (χ0v) is 11.7. The summed E-state index contributed by atoms with van der Waals surface area (Å²) in [5.74, 6) is 0.343. The lowest BCUT2D eigenvalue weighted by Crippen LogP contribution is -2.35. The van der Waals surface area contributed by atoms with Crippen LogP contribution in [0.4, 0.5) is 0 Å². The number of amides is 1. The first kappa shape index (κ1) is 12.7. The standard InChI is InChI=1S/C17H17NO3/c19-16(15-14-6-9-20-10-12(14)11-21-15)18-17(7-8-17)13-4-2-1-3-5-13/h1-5,11H,6-10H2,(H,18,19). The SMILES string of the molecule is O=C(NC1(c2ccccc2)CC1)c1occ2c1CCOC2. The van der Waals surface area contributed by atoms with Gasteiger partial charge in [0.1, 0.15) is 0 Å². The van der Waals surface area contributed by atoms with Gasteiger partial charge in [-0.15, -0.1) is 0 Å². The maximum absolute atomic E-state index is 12.6. The van der Waals surface area contributed by atoms with E-state index in [0.29, 0.717) is 19.0 Å². The van der Waals surface area contributed by atoms with E-state index in [9.17, 15) is 4.79 Å². The average Bonchev–Trinajstić information content (AvgIpc) is 3.18. The zero-order valence-electron chi connectivity index (χ0n) is 11.7. The fraction of sp³-hybridized carbons (Fsp3) is 0.353. The Morgan fingerprint density at radius 1 is 1.19 bits per heavy atom. The Bertz CT molecular complexity index is 671. The molecule has 0 radical (unpaired) electrons. The lowest BCUT2D eigenvalue weighted by molar-refractivity contribution is 0.0897. The van der Waals surface area contributed by atoms with Gasteiger partial charge in [-0.1, -0.05) is 30.3 Å². The van der Waals surface area contributed by atoms with Crippen LogP contribution in [0.2, 0.25) is 0 Å². The van der Waals surface area contributed by atoms with E-state index in [1.54, 1.807) is 6.26 Å². The van der Waals surface area contributed by atoms with E-state index in [2.05, 4.69) is 17.4 Å². The van der Waals surface area contributed by atoms with Crippen molar-refractivity contribution in [3.8, 4) is 0 Å². The molecule has 1 fully saturated rings. The van der Waals surface area contributed by atoms with Crippen molar-refractivity contribution >= 4 is 5.91 Å². The molecule has 0 unspecified atom stereocenters. The van der Waals surface area contributed by atoms with Crippen molar-refractivity contribution in [2.24, 2.45) is 0 Å². The lowest BCUT2D eigenvalue weighted by atomic mass is 10.0. The fourth-order valence-electron chi connectivity index (χ4n) is 3.00. The number of benzene rings is 1. The van der Waals surface area contributed by atoms with Crippen molar-refractivity contribution < 1.29 is 13.9 Å². The van der Waals surface area contributed by atoms with E-state index in [1.165, 1.54) is 5.56 Å². The molecular formula is C17H17NO3. The third-order valence-corrected chi connectivity index (χ3v) is 4.37. The summed E-state index contributed by atoms with van der Waals surface area (Å²) in [5.41, 5.74) is 2.96. The average molecular weight is 283 g/mol. The van der Waals surface area contributed by atoms with Crippen LogP contribution in [0.15, 0.2) is 41.0 Å². The molecule has 0 saturated heterocycles. The molecule has 4 nitrogen and oxygen atoms in total. The van der Waals surface area contributed by atoms with E-state index >= 15 is 0 Å². The molecule has 1 aliphatic carbocycles. The molecule has 4 rings (SSSR count). The Morgan fingerprint density at radius 2 is 2.00 bits per heavy atom. The van der Waals surface area contributed by atoms with E-state index in [1.807, 2.05) is 18.2 Å². The summed E-state index contributed by atoms with van der Waals surface area (Å²) in [5, 5.41) is 3.16. The fourth-order valence-corrected chi connectivity index (χ4v) is 3.00. The highest BCUT2D eigenvalue weighted by Gasteiger charge is 2.46. The number of furan rings is 1. The Kier molecular flexibility index (Phi) is 2.86. The van der Waals surface area contributed by atoms with Crippen molar-refractivity contribution in [3.05, 3.63) is 59.0 Å². The molecule has 0 atom stereocenters. The Hall–Kier alpha value is -2.07. The van der Waals surface area contributed by atoms with Gasteiger partial charge in [0.2, 0.25) is 0 Å². The smallest absolute Gasteiger partial charge is 0.287 e. The molecule has 0 bridgehead atoms. The minimum absolute atomic E-state index is 0.112. The van der Waals surface area contributed by atoms with Gasteiger partial charge in [-0.05, 0) is 18.4 Å². The minimum atomic E-state index is -0.205. The van der Waals surface area contributed by atoms with E-state index in [-0.39, 0.29) is 11.4 Å². The summed E-state index contributed by atoms with van der Waals surface area (Å²) in [6.45, 7) is 1.19. The van der Waals surface area contributed by atoms with Crippen LogP contribution < -0.4 is 5.32 Å². The molecule has 1 aromatic heterocycles. The molecule has 1 amide bonds. The van der Waals surface area contributed by atoms with Gasteiger partial charge in [0, 0.05) is 17.5 Å². The van der Waals surface area contributed by atoms with Gasteiger partial charge in [0.05, 0.1) is 25.0 Å². The summed E-state index contributed by atoms with van der Waals surface area (Å²) < 4.78 is 10.9. The summed E-state index contributed by atoms with van der Waals surface area (Å²) in [7, 11) is 0. The molecule has 2 aromatic rings. The molecule has 1 N–H and O–H groups in total. The Labute approximate surface area is 123 Å². The highest BCUT2D eigenvalue weighted by atomic mass is 16.5. The van der Waals surface area contributed by atoms with Gasteiger partial charge in [-0.2, -0.15) is 0 Å². The quantitative estimate of drug-likeness (QED) is 0.942.